The summed E-state index contributed by atoms with van der Waals surface area (Å²) in [4.78, 5) is 4.12. The average molecular weight is 225 g/mol. The van der Waals surface area contributed by atoms with Crippen molar-refractivity contribution in [1.82, 2.24) is 15.5 Å². The first-order valence-electron chi connectivity index (χ1n) is 5.87. The first-order valence-corrected chi connectivity index (χ1v) is 5.87. The molecule has 1 aliphatic carbocycles. The fraction of sp³-hybridized carbons (Fsp3) is 0.818. The summed E-state index contributed by atoms with van der Waals surface area (Å²) in [5.74, 6) is 1.23. The molecule has 1 heterocycles. The normalized spacial score (nSPS) is 25.9. The molecule has 2 unspecified atom stereocenters. The Morgan fingerprint density at radius 1 is 1.44 bits per heavy atom. The minimum atomic E-state index is 0.269. The molecule has 1 N–H and O–H groups in total. The second kappa shape index (κ2) is 5.41. The van der Waals surface area contributed by atoms with Crippen molar-refractivity contribution in [2.75, 3.05) is 7.05 Å². The maximum Gasteiger partial charge on any atom is 0.252 e. The van der Waals surface area contributed by atoms with Crippen molar-refractivity contribution in [3.8, 4) is 0 Å². The third-order valence-electron chi connectivity index (χ3n) is 3.06. The molecule has 90 valence electrons. The molecule has 5 nitrogen and oxygen atoms in total. The minimum absolute atomic E-state index is 0.269. The van der Waals surface area contributed by atoms with Gasteiger partial charge in [0.15, 0.2) is 5.82 Å². The van der Waals surface area contributed by atoms with Crippen LogP contribution in [-0.2, 0) is 11.3 Å². The molecule has 1 fully saturated rings. The van der Waals surface area contributed by atoms with Gasteiger partial charge in [-0.25, -0.2) is 0 Å². The number of aryl methyl sites for hydroxylation is 1. The van der Waals surface area contributed by atoms with Gasteiger partial charge in [0.05, 0.1) is 6.10 Å². The molecule has 0 bridgehead atoms. The zero-order chi connectivity index (χ0) is 11.4. The number of hydrogen-bond donors (Lipinski definition) is 1. The van der Waals surface area contributed by atoms with E-state index in [1.165, 1.54) is 19.3 Å². The van der Waals surface area contributed by atoms with Crippen molar-refractivity contribution in [1.29, 1.82) is 0 Å². The quantitative estimate of drug-likeness (QED) is 0.839. The Morgan fingerprint density at radius 2 is 2.25 bits per heavy atom. The molecule has 1 aromatic rings. The molecule has 16 heavy (non-hydrogen) atoms. The number of ether oxygens (including phenoxy) is 1. The molecule has 0 aliphatic heterocycles. The Hall–Kier alpha value is -0.940. The van der Waals surface area contributed by atoms with Crippen LogP contribution in [0.3, 0.4) is 0 Å². The number of hydrogen-bond acceptors (Lipinski definition) is 5. The molecular weight excluding hydrogens is 206 g/mol. The summed E-state index contributed by atoms with van der Waals surface area (Å²) in [7, 11) is 1.99. The van der Waals surface area contributed by atoms with Gasteiger partial charge in [0.25, 0.3) is 5.89 Å². The number of aromatic nitrogens is 2. The summed E-state index contributed by atoms with van der Waals surface area (Å²) in [6.07, 6.45) is 5.09. The Balaban J connectivity index is 1.84. The standard InChI is InChI=1S/C11H19N3O2/c1-8-13-11(16-14-8)7-15-10-6-4-3-5-9(10)12-2/h9-10,12H,3-7H2,1-2H3. The van der Waals surface area contributed by atoms with Crippen LogP contribution in [0.1, 0.15) is 37.4 Å². The lowest BCUT2D eigenvalue weighted by Crippen LogP contribution is -2.41. The largest absolute Gasteiger partial charge is 0.367 e. The molecule has 5 heteroatoms. The second-order valence-electron chi connectivity index (χ2n) is 4.26. The molecule has 1 saturated carbocycles. The highest BCUT2D eigenvalue weighted by atomic mass is 16.5. The van der Waals surface area contributed by atoms with E-state index in [4.69, 9.17) is 9.26 Å². The first-order chi connectivity index (χ1) is 7.79. The highest BCUT2D eigenvalue weighted by molar-refractivity contribution is 4.83. The molecule has 1 aliphatic rings. The Bertz CT molecular complexity index is 327. The van der Waals surface area contributed by atoms with Gasteiger partial charge in [-0.2, -0.15) is 4.98 Å². The van der Waals surface area contributed by atoms with Gasteiger partial charge in [-0.3, -0.25) is 0 Å². The fourth-order valence-corrected chi connectivity index (χ4v) is 2.20. The van der Waals surface area contributed by atoms with Gasteiger partial charge >= 0.3 is 0 Å². The molecule has 0 amide bonds. The topological polar surface area (TPSA) is 60.2 Å². The van der Waals surface area contributed by atoms with E-state index in [0.29, 0.717) is 24.4 Å². The highest BCUT2D eigenvalue weighted by Crippen LogP contribution is 2.21. The maximum atomic E-state index is 5.83. The average Bonchev–Trinajstić information content (AvgIpc) is 2.73. The van der Waals surface area contributed by atoms with E-state index in [2.05, 4.69) is 15.5 Å². The third-order valence-corrected chi connectivity index (χ3v) is 3.06. The lowest BCUT2D eigenvalue weighted by atomic mass is 9.92. The Kier molecular flexibility index (Phi) is 3.90. The fourth-order valence-electron chi connectivity index (χ4n) is 2.20. The maximum absolute atomic E-state index is 5.83. The first kappa shape index (κ1) is 11.5. The van der Waals surface area contributed by atoms with E-state index in [1.807, 2.05) is 14.0 Å². The van der Waals surface area contributed by atoms with E-state index in [1.54, 1.807) is 0 Å². The lowest BCUT2D eigenvalue weighted by molar-refractivity contribution is -0.0141. The lowest BCUT2D eigenvalue weighted by Gasteiger charge is -2.30. The van der Waals surface area contributed by atoms with Crippen LogP contribution in [0.25, 0.3) is 0 Å². The molecule has 0 aromatic carbocycles. The van der Waals surface area contributed by atoms with Crippen molar-refractivity contribution in [3.05, 3.63) is 11.7 Å². The zero-order valence-electron chi connectivity index (χ0n) is 9.90. The van der Waals surface area contributed by atoms with Crippen LogP contribution in [0.5, 0.6) is 0 Å². The van der Waals surface area contributed by atoms with Crippen LogP contribution < -0.4 is 5.32 Å². The zero-order valence-corrected chi connectivity index (χ0v) is 9.90. The Labute approximate surface area is 95.6 Å². The summed E-state index contributed by atoms with van der Waals surface area (Å²) in [6.45, 7) is 2.23. The second-order valence-corrected chi connectivity index (χ2v) is 4.26. The van der Waals surface area contributed by atoms with Gasteiger partial charge in [0.1, 0.15) is 6.61 Å². The smallest absolute Gasteiger partial charge is 0.252 e. The van der Waals surface area contributed by atoms with Gasteiger partial charge in [-0.05, 0) is 26.8 Å². The summed E-state index contributed by atoms with van der Waals surface area (Å²) in [6, 6.07) is 0.456. The third kappa shape index (κ3) is 2.80. The van der Waals surface area contributed by atoms with E-state index in [0.717, 1.165) is 6.42 Å². The van der Waals surface area contributed by atoms with Crippen LogP contribution in [-0.4, -0.2) is 29.3 Å². The van der Waals surface area contributed by atoms with Crippen molar-refractivity contribution >= 4 is 0 Å². The number of likely N-dealkylation sites (N-methyl/N-ethyl adjacent to an activating group) is 1. The highest BCUT2D eigenvalue weighted by Gasteiger charge is 2.24. The number of rotatable bonds is 4. The van der Waals surface area contributed by atoms with Crippen molar-refractivity contribution in [2.45, 2.75) is 51.4 Å². The van der Waals surface area contributed by atoms with Gasteiger partial charge in [0, 0.05) is 6.04 Å². The van der Waals surface area contributed by atoms with Crippen molar-refractivity contribution in [3.63, 3.8) is 0 Å². The predicted molar refractivity (Wildman–Crippen MR) is 58.9 cm³/mol. The summed E-state index contributed by atoms with van der Waals surface area (Å²) >= 11 is 0. The van der Waals surface area contributed by atoms with Crippen LogP contribution in [0.15, 0.2) is 4.52 Å². The van der Waals surface area contributed by atoms with Crippen molar-refractivity contribution in [2.24, 2.45) is 0 Å². The van der Waals surface area contributed by atoms with Gasteiger partial charge in [0.2, 0.25) is 0 Å². The molecule has 2 atom stereocenters. The molecule has 0 spiro atoms. The number of nitrogens with one attached hydrogen (secondary N) is 1. The molecule has 0 saturated heterocycles. The Morgan fingerprint density at radius 3 is 2.94 bits per heavy atom. The monoisotopic (exact) mass is 225 g/mol. The van der Waals surface area contributed by atoms with Gasteiger partial charge < -0.3 is 14.6 Å². The molecular formula is C11H19N3O2. The molecule has 2 rings (SSSR count). The summed E-state index contributed by atoms with van der Waals surface area (Å²) in [5, 5.41) is 7.04. The van der Waals surface area contributed by atoms with E-state index < -0.39 is 0 Å². The van der Waals surface area contributed by atoms with E-state index >= 15 is 0 Å². The van der Waals surface area contributed by atoms with E-state index in [-0.39, 0.29) is 6.10 Å². The summed E-state index contributed by atoms with van der Waals surface area (Å²) < 4.78 is 10.8. The van der Waals surface area contributed by atoms with Crippen LogP contribution in [0.2, 0.25) is 0 Å². The van der Waals surface area contributed by atoms with Crippen LogP contribution in [0, 0.1) is 6.92 Å². The predicted octanol–water partition coefficient (Wildman–Crippen LogP) is 1.43. The molecule has 0 radical (unpaired) electrons. The molecule has 1 aromatic heterocycles. The van der Waals surface area contributed by atoms with Gasteiger partial charge in [-0.15, -0.1) is 0 Å². The van der Waals surface area contributed by atoms with E-state index in [9.17, 15) is 0 Å². The van der Waals surface area contributed by atoms with Crippen LogP contribution in [0.4, 0.5) is 0 Å². The van der Waals surface area contributed by atoms with Crippen molar-refractivity contribution < 1.29 is 9.26 Å². The number of nitrogens with zero attached hydrogens (tertiary/aromatic N) is 2. The van der Waals surface area contributed by atoms with Gasteiger partial charge in [-0.1, -0.05) is 18.0 Å². The summed E-state index contributed by atoms with van der Waals surface area (Å²) in [5.41, 5.74) is 0. The SMILES string of the molecule is CNC1CCCCC1OCc1nc(C)no1. The van der Waals surface area contributed by atoms with Crippen LogP contribution >= 0.6 is 0 Å². The minimum Gasteiger partial charge on any atom is -0.367 e.